The van der Waals surface area contributed by atoms with Crippen LogP contribution in [-0.2, 0) is 23.7 Å². The summed E-state index contributed by atoms with van der Waals surface area (Å²) in [4.78, 5) is 13.6. The Hall–Kier alpha value is -0.990. The van der Waals surface area contributed by atoms with E-state index in [1.807, 2.05) is 18.9 Å². The van der Waals surface area contributed by atoms with Crippen LogP contribution in [0.3, 0.4) is 0 Å². The van der Waals surface area contributed by atoms with E-state index in [9.17, 15) is 4.79 Å². The van der Waals surface area contributed by atoms with E-state index in [1.54, 1.807) is 0 Å². The maximum absolute atomic E-state index is 11.7. The highest BCUT2D eigenvalue weighted by Crippen LogP contribution is 1.94. The smallest absolute Gasteiger partial charge is 0.234 e. The minimum atomic E-state index is -0.00917. The number of nitrogens with zero attached hydrogens (tertiary/aromatic N) is 1. The topological polar surface area (TPSA) is 69.3 Å². The molecule has 0 spiro atoms. The van der Waals surface area contributed by atoms with Crippen molar-refractivity contribution in [1.29, 1.82) is 0 Å². The van der Waals surface area contributed by atoms with Crippen LogP contribution < -0.4 is 5.32 Å². The third kappa shape index (κ3) is 21.2. The Labute approximate surface area is 166 Å². The Morgan fingerprint density at radius 1 is 0.889 bits per heavy atom. The molecule has 1 amide bonds. The van der Waals surface area contributed by atoms with Crippen molar-refractivity contribution in [1.82, 2.24) is 10.2 Å². The van der Waals surface area contributed by atoms with E-state index in [2.05, 4.69) is 18.8 Å². The molecule has 0 unspecified atom stereocenters. The summed E-state index contributed by atoms with van der Waals surface area (Å²) < 4.78 is 21.7. The molecule has 0 saturated carbocycles. The highest BCUT2D eigenvalue weighted by molar-refractivity contribution is 5.77. The Bertz CT molecular complexity index is 373. The fraction of sp³-hybridized carbons (Fsp3) is 0.850. The van der Waals surface area contributed by atoms with E-state index in [0.29, 0.717) is 59.3 Å². The third-order valence-corrected chi connectivity index (χ3v) is 3.53. The van der Waals surface area contributed by atoms with Crippen LogP contribution in [0.25, 0.3) is 0 Å². The van der Waals surface area contributed by atoms with E-state index in [1.165, 1.54) is 12.8 Å². The zero-order valence-corrected chi connectivity index (χ0v) is 17.6. The summed E-state index contributed by atoms with van der Waals surface area (Å²) >= 11 is 0. The molecule has 0 aliphatic carbocycles. The van der Waals surface area contributed by atoms with Crippen molar-refractivity contribution < 1.29 is 25.2 Å². The van der Waals surface area contributed by atoms with E-state index in [-0.39, 0.29) is 7.33 Å². The number of rotatable bonds is 20. The average Bonchev–Trinajstić information content (AvgIpc) is 2.60. The Morgan fingerprint density at radius 2 is 1.41 bits per heavy atom. The van der Waals surface area contributed by atoms with E-state index in [4.69, 9.17) is 18.9 Å². The first-order valence-corrected chi connectivity index (χ1v) is 9.96. The van der Waals surface area contributed by atoms with Crippen molar-refractivity contribution in [3.8, 4) is 0 Å². The van der Waals surface area contributed by atoms with Gasteiger partial charge in [0.25, 0.3) is 0 Å². The van der Waals surface area contributed by atoms with Crippen LogP contribution >= 0.6 is 0 Å². The quantitative estimate of drug-likeness (QED) is 0.254. The molecule has 0 heterocycles. The van der Waals surface area contributed by atoms with Crippen LogP contribution in [0.15, 0.2) is 12.2 Å². The zero-order chi connectivity index (χ0) is 20.2. The zero-order valence-electron chi connectivity index (χ0n) is 17.6. The van der Waals surface area contributed by atoms with Crippen molar-refractivity contribution in [2.24, 2.45) is 0 Å². The van der Waals surface area contributed by atoms with Crippen LogP contribution in [0.5, 0.6) is 0 Å². The molecular weight excluding hydrogens is 348 g/mol. The highest BCUT2D eigenvalue weighted by Gasteiger charge is 2.05. The number of ether oxygens (including phenoxy) is 4. The van der Waals surface area contributed by atoms with Gasteiger partial charge in [-0.25, -0.2) is 0 Å². The first-order chi connectivity index (χ1) is 13.1. The molecule has 162 valence electrons. The van der Waals surface area contributed by atoms with E-state index in [0.717, 1.165) is 25.1 Å². The summed E-state index contributed by atoms with van der Waals surface area (Å²) in [6, 6.07) is 0. The third-order valence-electron chi connectivity index (χ3n) is 3.53. The number of likely N-dealkylation sites (N-methyl/N-ethyl adjacent to an activating group) is 1. The molecule has 0 bridgehead atoms. The lowest BCUT2D eigenvalue weighted by atomic mass is 10.3. The van der Waals surface area contributed by atoms with Gasteiger partial charge in [-0.3, -0.25) is 9.69 Å². The van der Waals surface area contributed by atoms with Gasteiger partial charge in [0.1, 0.15) is 0 Å². The lowest BCUT2D eigenvalue weighted by molar-refractivity contribution is -0.122. The predicted molar refractivity (Wildman–Crippen MR) is 110 cm³/mol. The first kappa shape index (κ1) is 26.0. The largest absolute Gasteiger partial charge is 0.379 e. The summed E-state index contributed by atoms with van der Waals surface area (Å²) in [7, 11) is 1.90. The minimum absolute atomic E-state index is 0. The number of carbonyl (C=O) groups excluding carboxylic acids is 1. The molecule has 7 nitrogen and oxygen atoms in total. The molecule has 7 heteroatoms. The molecule has 0 fully saturated rings. The van der Waals surface area contributed by atoms with Gasteiger partial charge in [0.05, 0.1) is 52.8 Å². The van der Waals surface area contributed by atoms with Crippen molar-refractivity contribution in [3.05, 3.63) is 12.2 Å². The number of hydrogen-bond donors (Lipinski definition) is 1. The van der Waals surface area contributed by atoms with Gasteiger partial charge in [0, 0.05) is 21.1 Å². The molecule has 27 heavy (non-hydrogen) atoms. The second kappa shape index (κ2) is 19.8. The fourth-order valence-corrected chi connectivity index (χ4v) is 2.30. The van der Waals surface area contributed by atoms with Crippen LogP contribution in [0.4, 0.5) is 0 Å². The minimum Gasteiger partial charge on any atom is -0.379 e. The fourth-order valence-electron chi connectivity index (χ4n) is 2.30. The summed E-state index contributed by atoms with van der Waals surface area (Å²) in [5.74, 6) is -0.00917. The Kier molecular flexibility index (Phi) is 19.0. The van der Waals surface area contributed by atoms with Crippen LogP contribution in [-0.4, -0.2) is 90.3 Å². The highest BCUT2D eigenvalue weighted by atomic mass is 16.6. The van der Waals surface area contributed by atoms with Gasteiger partial charge >= 0.3 is 0 Å². The van der Waals surface area contributed by atoms with Gasteiger partial charge in [-0.15, -0.1) is 0 Å². The van der Waals surface area contributed by atoms with Crippen LogP contribution in [0.2, 0.25) is 0 Å². The molecule has 0 aliphatic heterocycles. The van der Waals surface area contributed by atoms with Gasteiger partial charge in [0.2, 0.25) is 5.91 Å². The summed E-state index contributed by atoms with van der Waals surface area (Å²) in [6.45, 7) is 14.2. The number of amides is 1. The Balaban J connectivity index is 0. The monoisotopic (exact) mass is 390 g/mol. The van der Waals surface area contributed by atoms with Crippen molar-refractivity contribution in [2.45, 2.75) is 33.1 Å². The summed E-state index contributed by atoms with van der Waals surface area (Å²) in [5.41, 5.74) is 1.04. The molecule has 0 radical (unpaired) electrons. The maximum atomic E-state index is 11.7. The molecule has 0 atom stereocenters. The van der Waals surface area contributed by atoms with Crippen molar-refractivity contribution >= 4 is 5.91 Å². The van der Waals surface area contributed by atoms with E-state index < -0.39 is 0 Å². The normalized spacial score (nSPS) is 11.1. The number of hydrogen-bond acceptors (Lipinski definition) is 6. The summed E-state index contributed by atoms with van der Waals surface area (Å²) in [6.07, 6.45) is 3.55. The molecule has 0 saturated heterocycles. The van der Waals surface area contributed by atoms with Gasteiger partial charge in [0.15, 0.2) is 0 Å². The predicted octanol–water partition coefficient (Wildman–Crippen LogP) is 2.11. The summed E-state index contributed by atoms with van der Waals surface area (Å²) in [5, 5.41) is 2.83. The molecule has 0 aliphatic rings. The van der Waals surface area contributed by atoms with Gasteiger partial charge in [-0.1, -0.05) is 31.9 Å². The number of unbranched alkanes of at least 4 members (excludes halogenated alkanes) is 2. The lowest BCUT2D eigenvalue weighted by Crippen LogP contribution is -2.37. The number of nitrogens with one attached hydrogen (secondary N) is 1. The van der Waals surface area contributed by atoms with Gasteiger partial charge < -0.3 is 24.3 Å². The maximum Gasteiger partial charge on any atom is 0.234 e. The molecule has 0 aromatic heterocycles. The number of carbonyl (C=O) groups is 1. The first-order valence-electron chi connectivity index (χ1n) is 9.96. The molecular formula is C20H42N2O5. The second-order valence-corrected chi connectivity index (χ2v) is 6.64. The second-order valence-electron chi connectivity index (χ2n) is 6.64. The molecule has 0 rings (SSSR count). The molecule has 0 aromatic rings. The average molecular weight is 391 g/mol. The lowest BCUT2D eigenvalue weighted by Gasteiger charge is -2.16. The standard InChI is InChI=1S/C20H40N2O5.H2/c1-5-6-7-9-24-11-13-26-15-16-27-14-12-25-10-8-21-20(23)18-22(4)17-19(2)3;/h2,5-18H2,1,3-4H3,(H,21,23);1H. The Morgan fingerprint density at radius 3 is 1.93 bits per heavy atom. The van der Waals surface area contributed by atoms with Crippen LogP contribution in [0, 0.1) is 0 Å². The molecule has 0 aromatic carbocycles. The molecule has 1 N–H and O–H groups in total. The van der Waals surface area contributed by atoms with Crippen molar-refractivity contribution in [2.75, 3.05) is 79.5 Å². The van der Waals surface area contributed by atoms with Gasteiger partial charge in [-0.05, 0) is 20.4 Å². The SMILES string of the molecule is C=C(C)CN(C)CC(=O)NCCOCCOCCOCCOCCCCC.[HH]. The van der Waals surface area contributed by atoms with Crippen molar-refractivity contribution in [3.63, 3.8) is 0 Å². The van der Waals surface area contributed by atoms with E-state index >= 15 is 0 Å². The van der Waals surface area contributed by atoms with Gasteiger partial charge in [-0.2, -0.15) is 0 Å². The van der Waals surface area contributed by atoms with Crippen LogP contribution in [0.1, 0.15) is 34.5 Å².